The summed E-state index contributed by atoms with van der Waals surface area (Å²) in [6.45, 7) is 0.0315. The Morgan fingerprint density at radius 2 is 1.56 bits per heavy atom. The van der Waals surface area contributed by atoms with Gasteiger partial charge in [-0.1, -0.05) is 94.8 Å². The largest absolute Gasteiger partial charge is 0.394 e. The van der Waals surface area contributed by atoms with Gasteiger partial charge in [0.05, 0.1) is 29.2 Å². The first-order valence-corrected chi connectivity index (χ1v) is 15.7. The molecule has 2 bridgehead atoms. The number of hydrogen-bond donors (Lipinski definition) is 3. The van der Waals surface area contributed by atoms with E-state index in [0.29, 0.717) is 25.1 Å². The molecule has 3 aromatic rings. The van der Waals surface area contributed by atoms with E-state index < -0.39 is 28.7 Å². The standard InChI is InChI=1S/C32H32BrN3O4S/c33-24-17-32-26(25(27(24)41-32)29(38)35-22-14-8-3-9-15-22)31(40)36(23(19-37)16-20-10-4-1-5-11-20)28(32)30(39)34-18-21-12-6-2-7-13-21/h1-15,23-28,37H,16-19H2,(H,34,39)(H,35,38)/t23-,24?,25+,26+,27+,28?,32?/m1/s1. The minimum Gasteiger partial charge on any atom is -0.394 e. The number of fused-ring (bicyclic) bond motifs is 1. The summed E-state index contributed by atoms with van der Waals surface area (Å²) in [5.74, 6) is -1.99. The number of likely N-dealkylation sites (tertiary alicyclic amines) is 1. The van der Waals surface area contributed by atoms with Crippen LogP contribution in [0.15, 0.2) is 91.0 Å². The number of nitrogens with zero attached hydrogens (tertiary/aromatic N) is 1. The number of carbonyl (C=O) groups excluding carboxylic acids is 3. The zero-order chi connectivity index (χ0) is 28.6. The molecular weight excluding hydrogens is 602 g/mol. The molecule has 7 nitrogen and oxygen atoms in total. The fourth-order valence-corrected chi connectivity index (χ4v) is 10.4. The van der Waals surface area contributed by atoms with Crippen LogP contribution in [0.5, 0.6) is 0 Å². The topological polar surface area (TPSA) is 98.7 Å². The zero-order valence-electron chi connectivity index (χ0n) is 22.4. The van der Waals surface area contributed by atoms with Crippen LogP contribution in [-0.4, -0.2) is 61.2 Å². The van der Waals surface area contributed by atoms with Crippen molar-refractivity contribution >= 4 is 51.1 Å². The van der Waals surface area contributed by atoms with Crippen LogP contribution in [0.2, 0.25) is 0 Å². The Bertz CT molecular complexity index is 1410. The van der Waals surface area contributed by atoms with Crippen LogP contribution in [0.4, 0.5) is 5.69 Å². The molecule has 3 N–H and O–H groups in total. The summed E-state index contributed by atoms with van der Waals surface area (Å²) in [6.07, 6.45) is 0.984. The number of carbonyl (C=O) groups is 3. The first-order chi connectivity index (χ1) is 19.9. The Kier molecular flexibility index (Phi) is 7.94. The van der Waals surface area contributed by atoms with Crippen molar-refractivity contribution in [1.29, 1.82) is 0 Å². The molecule has 3 aliphatic rings. The molecule has 1 spiro atoms. The number of para-hydroxylation sites is 1. The molecule has 6 rings (SSSR count). The highest BCUT2D eigenvalue weighted by atomic mass is 79.9. The Morgan fingerprint density at radius 1 is 0.951 bits per heavy atom. The molecule has 41 heavy (non-hydrogen) atoms. The third-order valence-corrected chi connectivity index (χ3v) is 11.8. The van der Waals surface area contributed by atoms with Crippen LogP contribution >= 0.6 is 27.7 Å². The number of nitrogens with one attached hydrogen (secondary N) is 2. The van der Waals surface area contributed by atoms with Crippen molar-refractivity contribution in [3.05, 3.63) is 102 Å². The first kappa shape index (κ1) is 28.0. The molecule has 3 heterocycles. The Balaban J connectivity index is 1.36. The molecule has 0 aliphatic carbocycles. The molecule has 3 amide bonds. The van der Waals surface area contributed by atoms with Gasteiger partial charge in [-0.05, 0) is 36.1 Å². The average molecular weight is 635 g/mol. The molecule has 0 radical (unpaired) electrons. The van der Waals surface area contributed by atoms with E-state index in [1.165, 1.54) is 0 Å². The van der Waals surface area contributed by atoms with Crippen LogP contribution in [-0.2, 0) is 27.3 Å². The minimum absolute atomic E-state index is 0.0332. The molecule has 7 atom stereocenters. The van der Waals surface area contributed by atoms with Gasteiger partial charge in [-0.3, -0.25) is 14.4 Å². The van der Waals surface area contributed by atoms with Crippen molar-refractivity contribution in [3.8, 4) is 0 Å². The maximum Gasteiger partial charge on any atom is 0.244 e. The van der Waals surface area contributed by atoms with E-state index in [4.69, 9.17) is 0 Å². The summed E-state index contributed by atoms with van der Waals surface area (Å²) in [5.41, 5.74) is 2.59. The minimum atomic E-state index is -0.825. The fraction of sp³-hybridized carbons (Fsp3) is 0.344. The van der Waals surface area contributed by atoms with E-state index in [2.05, 4.69) is 26.6 Å². The molecule has 3 saturated heterocycles. The normalized spacial score (nSPS) is 28.8. The van der Waals surface area contributed by atoms with E-state index >= 15 is 0 Å². The number of rotatable bonds is 9. The second kappa shape index (κ2) is 11.6. The highest BCUT2D eigenvalue weighted by molar-refractivity contribution is 9.09. The summed E-state index contributed by atoms with van der Waals surface area (Å²) >= 11 is 5.40. The third kappa shape index (κ3) is 5.08. The lowest BCUT2D eigenvalue weighted by Gasteiger charge is -2.37. The zero-order valence-corrected chi connectivity index (χ0v) is 24.8. The van der Waals surface area contributed by atoms with E-state index in [1.807, 2.05) is 91.0 Å². The van der Waals surface area contributed by atoms with Gasteiger partial charge < -0.3 is 20.6 Å². The summed E-state index contributed by atoms with van der Waals surface area (Å²) in [5, 5.41) is 16.5. The lowest BCUT2D eigenvalue weighted by atomic mass is 9.70. The number of aliphatic hydroxyl groups excluding tert-OH is 1. The fourth-order valence-electron chi connectivity index (χ4n) is 6.83. The van der Waals surface area contributed by atoms with Crippen molar-refractivity contribution in [2.24, 2.45) is 11.8 Å². The third-order valence-electron chi connectivity index (χ3n) is 8.55. The average Bonchev–Trinajstić information content (AvgIpc) is 3.59. The number of halogens is 1. The van der Waals surface area contributed by atoms with E-state index in [0.717, 1.165) is 11.1 Å². The number of aliphatic hydroxyl groups is 1. The van der Waals surface area contributed by atoms with Gasteiger partial charge in [0, 0.05) is 22.3 Å². The number of thioether (sulfide) groups is 1. The van der Waals surface area contributed by atoms with Crippen molar-refractivity contribution in [2.45, 2.75) is 46.3 Å². The number of anilines is 1. The van der Waals surface area contributed by atoms with Crippen LogP contribution in [0, 0.1) is 11.8 Å². The monoisotopic (exact) mass is 633 g/mol. The smallest absolute Gasteiger partial charge is 0.244 e. The van der Waals surface area contributed by atoms with Gasteiger partial charge in [0.25, 0.3) is 0 Å². The van der Waals surface area contributed by atoms with E-state index in [-0.39, 0.29) is 34.4 Å². The first-order valence-electron chi connectivity index (χ1n) is 13.9. The molecule has 9 heteroatoms. The molecule has 0 saturated carbocycles. The lowest BCUT2D eigenvalue weighted by molar-refractivity contribution is -0.142. The quantitative estimate of drug-likeness (QED) is 0.309. The molecule has 3 fully saturated rings. The summed E-state index contributed by atoms with van der Waals surface area (Å²) in [6, 6.07) is 27.1. The molecule has 0 aromatic heterocycles. The van der Waals surface area contributed by atoms with Crippen LogP contribution in [0.3, 0.4) is 0 Å². The SMILES string of the molecule is O=C(NCc1ccccc1)C1N([C@@H](CO)Cc2ccccc2)C(=O)[C@@H]2[C@H](C(=O)Nc3ccccc3)[C@H]3SC12CC3Br. The molecular formula is C32H32BrN3O4S. The summed E-state index contributed by atoms with van der Waals surface area (Å²) in [4.78, 5) is 43.9. The Hall–Kier alpha value is -3.14. The number of hydrogen-bond acceptors (Lipinski definition) is 5. The summed E-state index contributed by atoms with van der Waals surface area (Å²) in [7, 11) is 0. The van der Waals surface area contributed by atoms with Gasteiger partial charge in [-0.2, -0.15) is 0 Å². The van der Waals surface area contributed by atoms with E-state index in [1.54, 1.807) is 16.7 Å². The number of amides is 3. The van der Waals surface area contributed by atoms with Crippen LogP contribution < -0.4 is 10.6 Å². The van der Waals surface area contributed by atoms with Crippen LogP contribution in [0.1, 0.15) is 17.5 Å². The highest BCUT2D eigenvalue weighted by Gasteiger charge is 2.76. The lowest BCUT2D eigenvalue weighted by Crippen LogP contribution is -2.57. The second-order valence-electron chi connectivity index (χ2n) is 11.0. The number of benzene rings is 3. The summed E-state index contributed by atoms with van der Waals surface area (Å²) < 4.78 is -0.792. The Morgan fingerprint density at radius 3 is 2.20 bits per heavy atom. The molecule has 212 valence electrons. The van der Waals surface area contributed by atoms with Gasteiger partial charge in [0.2, 0.25) is 17.7 Å². The van der Waals surface area contributed by atoms with Crippen LogP contribution in [0.25, 0.3) is 0 Å². The van der Waals surface area contributed by atoms with Crippen molar-refractivity contribution in [1.82, 2.24) is 10.2 Å². The second-order valence-corrected chi connectivity index (χ2v) is 13.7. The van der Waals surface area contributed by atoms with Gasteiger partial charge in [0.1, 0.15) is 6.04 Å². The van der Waals surface area contributed by atoms with Gasteiger partial charge in [0.15, 0.2) is 0 Å². The van der Waals surface area contributed by atoms with Crippen molar-refractivity contribution in [2.75, 3.05) is 11.9 Å². The maximum absolute atomic E-state index is 14.5. The van der Waals surface area contributed by atoms with Gasteiger partial charge >= 0.3 is 0 Å². The maximum atomic E-state index is 14.5. The molecule has 3 unspecified atom stereocenters. The van der Waals surface area contributed by atoms with Crippen molar-refractivity contribution < 1.29 is 19.5 Å². The van der Waals surface area contributed by atoms with Crippen molar-refractivity contribution in [3.63, 3.8) is 0 Å². The predicted molar refractivity (Wildman–Crippen MR) is 163 cm³/mol. The Labute approximate surface area is 252 Å². The van der Waals surface area contributed by atoms with E-state index in [9.17, 15) is 19.5 Å². The van der Waals surface area contributed by atoms with Gasteiger partial charge in [-0.15, -0.1) is 11.8 Å². The van der Waals surface area contributed by atoms with Gasteiger partial charge in [-0.25, -0.2) is 0 Å². The molecule has 3 aromatic carbocycles. The predicted octanol–water partition coefficient (Wildman–Crippen LogP) is 4.01. The highest BCUT2D eigenvalue weighted by Crippen LogP contribution is 2.68. The number of alkyl halides is 1. The molecule has 3 aliphatic heterocycles.